The highest BCUT2D eigenvalue weighted by molar-refractivity contribution is 8.00. The van der Waals surface area contributed by atoms with Gasteiger partial charge in [-0.25, -0.2) is 28.8 Å². The molecule has 2 aliphatic heterocycles. The second kappa shape index (κ2) is 15.1. The van der Waals surface area contributed by atoms with Gasteiger partial charge in [0.15, 0.2) is 23.1 Å². The lowest BCUT2D eigenvalue weighted by Crippen LogP contribution is -2.48. The van der Waals surface area contributed by atoms with Crippen molar-refractivity contribution in [2.45, 2.75) is 44.2 Å². The van der Waals surface area contributed by atoms with Gasteiger partial charge in [-0.2, -0.15) is 0 Å². The number of fused-ring (bicyclic) bond motifs is 1. The number of aromatic nitrogens is 1. The summed E-state index contributed by atoms with van der Waals surface area (Å²) in [5, 5.41) is 6.33. The number of hydrogen-bond acceptors (Lipinski definition) is 8. The molecule has 0 bridgehead atoms. The van der Waals surface area contributed by atoms with Crippen molar-refractivity contribution in [2.75, 3.05) is 31.3 Å². The van der Waals surface area contributed by atoms with Crippen LogP contribution in [0.5, 0.6) is 23.0 Å². The molecule has 2 aliphatic rings. The van der Waals surface area contributed by atoms with Gasteiger partial charge in [-0.05, 0) is 56.3 Å². The van der Waals surface area contributed by atoms with E-state index in [1.807, 2.05) is 13.8 Å². The second-order valence-corrected chi connectivity index (χ2v) is 13.1. The lowest BCUT2D eigenvalue weighted by atomic mass is 10.1. The summed E-state index contributed by atoms with van der Waals surface area (Å²) in [6.45, 7) is 5.04. The third kappa shape index (κ3) is 7.77. The Hall–Kier alpha value is -5.31. The number of piperidine rings is 1. The maximum Gasteiger partial charge on any atom is 0.338 e. The van der Waals surface area contributed by atoms with E-state index >= 15 is 0 Å². The SMILES string of the molecule is COc1cc2c(Oc3ccc(NC(=O)NN4C(=O)CSC4c4cccc(F)c4F)cc3)ccnc2cc1OC1CCN(C(=O)NC(C)C)CC1. The van der Waals surface area contributed by atoms with Gasteiger partial charge >= 0.3 is 12.1 Å². The van der Waals surface area contributed by atoms with Gasteiger partial charge in [0, 0.05) is 60.9 Å². The molecular formula is C35H36F2N6O6S. The van der Waals surface area contributed by atoms with Crippen LogP contribution in [-0.2, 0) is 4.79 Å². The monoisotopic (exact) mass is 706 g/mol. The molecule has 262 valence electrons. The number of rotatable bonds is 9. The first-order chi connectivity index (χ1) is 24.1. The normalized spacial score (nSPS) is 16.4. The summed E-state index contributed by atoms with van der Waals surface area (Å²) in [6, 6.07) is 14.9. The number of anilines is 1. The minimum absolute atomic E-state index is 0.00381. The van der Waals surface area contributed by atoms with E-state index in [0.717, 1.165) is 22.8 Å². The molecule has 15 heteroatoms. The number of hydrogen-bond donors (Lipinski definition) is 3. The quantitative estimate of drug-likeness (QED) is 0.178. The minimum Gasteiger partial charge on any atom is -0.493 e. The van der Waals surface area contributed by atoms with Gasteiger partial charge in [0.25, 0.3) is 5.91 Å². The number of benzene rings is 3. The Morgan fingerprint density at radius 1 is 1.00 bits per heavy atom. The molecule has 6 rings (SSSR count). The zero-order valence-electron chi connectivity index (χ0n) is 27.6. The molecule has 1 unspecified atom stereocenters. The molecule has 1 atom stereocenters. The molecule has 0 spiro atoms. The molecule has 0 radical (unpaired) electrons. The Morgan fingerprint density at radius 3 is 2.48 bits per heavy atom. The van der Waals surface area contributed by atoms with E-state index < -0.39 is 28.9 Å². The Morgan fingerprint density at radius 2 is 1.76 bits per heavy atom. The number of pyridine rings is 1. The van der Waals surface area contributed by atoms with Gasteiger partial charge in [-0.3, -0.25) is 9.78 Å². The molecule has 5 amide bonds. The first-order valence-corrected chi connectivity index (χ1v) is 17.1. The van der Waals surface area contributed by atoms with Crippen molar-refractivity contribution in [3.8, 4) is 23.0 Å². The molecule has 3 aromatic carbocycles. The highest BCUT2D eigenvalue weighted by Gasteiger charge is 2.36. The number of amides is 5. The second-order valence-electron chi connectivity index (χ2n) is 12.0. The van der Waals surface area contributed by atoms with Crippen molar-refractivity contribution in [3.05, 3.63) is 84.1 Å². The summed E-state index contributed by atoms with van der Waals surface area (Å²) in [6.07, 6.45) is 2.90. The maximum absolute atomic E-state index is 14.4. The zero-order valence-corrected chi connectivity index (χ0v) is 28.4. The number of thioether (sulfide) groups is 1. The number of nitrogens with one attached hydrogen (secondary N) is 3. The number of nitrogens with zero attached hydrogens (tertiary/aromatic N) is 3. The van der Waals surface area contributed by atoms with E-state index in [2.05, 4.69) is 21.0 Å². The lowest BCUT2D eigenvalue weighted by molar-refractivity contribution is -0.130. The van der Waals surface area contributed by atoms with Crippen LogP contribution in [0.1, 0.15) is 37.6 Å². The van der Waals surface area contributed by atoms with E-state index in [-0.39, 0.29) is 29.5 Å². The van der Waals surface area contributed by atoms with Gasteiger partial charge in [-0.15, -0.1) is 11.8 Å². The molecule has 3 heterocycles. The Kier molecular flexibility index (Phi) is 10.4. The predicted molar refractivity (Wildman–Crippen MR) is 184 cm³/mol. The van der Waals surface area contributed by atoms with Crippen molar-refractivity contribution in [1.82, 2.24) is 25.6 Å². The van der Waals surface area contributed by atoms with Crippen LogP contribution < -0.4 is 30.3 Å². The van der Waals surface area contributed by atoms with E-state index in [0.29, 0.717) is 65.5 Å². The molecule has 0 saturated carbocycles. The van der Waals surface area contributed by atoms with Crippen molar-refractivity contribution in [3.63, 3.8) is 0 Å². The standard InChI is InChI=1S/C35H36F2N6O6S/c1-20(2)39-35(46)42-15-12-23(13-16-42)49-30-18-27-25(17-29(30)47-3)28(11-14-38-27)48-22-9-7-21(8-10-22)40-34(45)41-43-31(44)19-50-33(43)24-5-4-6-26(36)32(24)37/h4-11,14,17-18,20,23,33H,12-13,15-16,19H2,1-3H3,(H,39,46)(H2,40,41,45). The average Bonchev–Trinajstić information content (AvgIpc) is 3.45. The third-order valence-corrected chi connectivity index (χ3v) is 9.29. The number of hydrazine groups is 1. The van der Waals surface area contributed by atoms with E-state index in [4.69, 9.17) is 14.2 Å². The fourth-order valence-corrected chi connectivity index (χ4v) is 6.77. The molecule has 2 fully saturated rings. The number of halogens is 2. The maximum atomic E-state index is 14.4. The number of methoxy groups -OCH3 is 1. The van der Waals surface area contributed by atoms with Gasteiger partial charge in [0.2, 0.25) is 0 Å². The Balaban J connectivity index is 1.08. The van der Waals surface area contributed by atoms with Crippen LogP contribution in [0.3, 0.4) is 0 Å². The molecule has 12 nitrogen and oxygen atoms in total. The van der Waals surface area contributed by atoms with Crippen LogP contribution in [0, 0.1) is 11.6 Å². The highest BCUT2D eigenvalue weighted by Crippen LogP contribution is 2.40. The highest BCUT2D eigenvalue weighted by atomic mass is 32.2. The smallest absolute Gasteiger partial charge is 0.338 e. The molecule has 1 aromatic heterocycles. The topological polar surface area (TPSA) is 134 Å². The zero-order chi connectivity index (χ0) is 35.4. The summed E-state index contributed by atoms with van der Waals surface area (Å²) >= 11 is 1.08. The van der Waals surface area contributed by atoms with Gasteiger partial charge in [-0.1, -0.05) is 12.1 Å². The fourth-order valence-electron chi connectivity index (χ4n) is 5.65. The summed E-state index contributed by atoms with van der Waals surface area (Å²) in [4.78, 5) is 43.9. The van der Waals surface area contributed by atoms with Crippen LogP contribution in [0.15, 0.2) is 66.9 Å². The summed E-state index contributed by atoms with van der Waals surface area (Å²) < 4.78 is 46.4. The summed E-state index contributed by atoms with van der Waals surface area (Å²) in [5.74, 6) is -0.510. The molecule has 3 N–H and O–H groups in total. The van der Waals surface area contributed by atoms with Crippen molar-refractivity contribution < 1.29 is 37.4 Å². The number of urea groups is 2. The number of ether oxygens (including phenoxy) is 3. The molecule has 4 aromatic rings. The third-order valence-electron chi connectivity index (χ3n) is 8.10. The van der Waals surface area contributed by atoms with Gasteiger partial charge in [0.05, 0.1) is 18.4 Å². The number of likely N-dealkylation sites (tertiary alicyclic amines) is 1. The molecule has 50 heavy (non-hydrogen) atoms. The molecule has 0 aliphatic carbocycles. The van der Waals surface area contributed by atoms with Crippen molar-refractivity contribution in [1.29, 1.82) is 0 Å². The van der Waals surface area contributed by atoms with Gasteiger partial charge in [0.1, 0.15) is 23.0 Å². The average molecular weight is 707 g/mol. The van der Waals surface area contributed by atoms with E-state index in [1.165, 1.54) is 12.1 Å². The predicted octanol–water partition coefficient (Wildman–Crippen LogP) is 6.59. The van der Waals surface area contributed by atoms with Gasteiger partial charge < -0.3 is 29.7 Å². The lowest BCUT2D eigenvalue weighted by Gasteiger charge is -2.33. The first-order valence-electron chi connectivity index (χ1n) is 16.0. The number of carbonyl (C=O) groups excluding carboxylic acids is 3. The van der Waals surface area contributed by atoms with Crippen LogP contribution in [0.25, 0.3) is 10.9 Å². The van der Waals surface area contributed by atoms with E-state index in [1.54, 1.807) is 60.7 Å². The van der Waals surface area contributed by atoms with E-state index in [9.17, 15) is 23.2 Å². The van der Waals surface area contributed by atoms with Crippen molar-refractivity contribution >= 4 is 46.3 Å². The Labute approximate surface area is 291 Å². The largest absolute Gasteiger partial charge is 0.493 e. The first kappa shape index (κ1) is 34.5. The molecular weight excluding hydrogens is 670 g/mol. The summed E-state index contributed by atoms with van der Waals surface area (Å²) in [5.41, 5.74) is 3.43. The van der Waals surface area contributed by atoms with Crippen molar-refractivity contribution in [2.24, 2.45) is 0 Å². The Bertz CT molecular complexity index is 1890. The minimum atomic E-state index is -1.07. The fraction of sp³-hybridized carbons (Fsp3) is 0.314. The van der Waals surface area contributed by atoms with Crippen LogP contribution in [-0.4, -0.2) is 71.0 Å². The summed E-state index contributed by atoms with van der Waals surface area (Å²) in [7, 11) is 1.56. The molecule has 2 saturated heterocycles. The number of carbonyl (C=O) groups is 3. The van der Waals surface area contributed by atoms with Crippen LogP contribution >= 0.6 is 11.8 Å². The van der Waals surface area contributed by atoms with Crippen LogP contribution in [0.2, 0.25) is 0 Å². The van der Waals surface area contributed by atoms with Crippen LogP contribution in [0.4, 0.5) is 24.1 Å².